The molecule has 2 aromatic rings. The molecule has 0 saturated heterocycles. The van der Waals surface area contributed by atoms with Gasteiger partial charge in [-0.25, -0.2) is 4.98 Å². The zero-order valence-electron chi connectivity index (χ0n) is 9.33. The number of hydrogen-bond donors (Lipinski definition) is 2. The Balaban J connectivity index is 2.13. The van der Waals surface area contributed by atoms with E-state index in [0.717, 1.165) is 5.56 Å². The minimum atomic E-state index is -0.167. The van der Waals surface area contributed by atoms with Gasteiger partial charge in [-0.15, -0.1) is 0 Å². The van der Waals surface area contributed by atoms with Crippen LogP contribution in [0.4, 0.5) is 5.95 Å². The van der Waals surface area contributed by atoms with Crippen molar-refractivity contribution >= 4 is 17.5 Å². The molecule has 0 aliphatic heterocycles. The van der Waals surface area contributed by atoms with E-state index in [2.05, 4.69) is 15.3 Å². The van der Waals surface area contributed by atoms with E-state index in [1.165, 1.54) is 6.07 Å². The van der Waals surface area contributed by atoms with Gasteiger partial charge in [-0.2, -0.15) is 0 Å². The Hall–Kier alpha value is -1.81. The highest BCUT2D eigenvalue weighted by Gasteiger charge is 2.00. The average molecular weight is 250 g/mol. The Morgan fingerprint density at radius 2 is 2.18 bits per heavy atom. The summed E-state index contributed by atoms with van der Waals surface area (Å²) in [6.07, 6.45) is 0. The lowest BCUT2D eigenvalue weighted by atomic mass is 10.2. The van der Waals surface area contributed by atoms with E-state index < -0.39 is 0 Å². The summed E-state index contributed by atoms with van der Waals surface area (Å²) in [5.74, 6) is 0.454. The molecule has 1 heterocycles. The topological polar surface area (TPSA) is 57.8 Å². The fourth-order valence-corrected chi connectivity index (χ4v) is 1.69. The van der Waals surface area contributed by atoms with Crippen LogP contribution < -0.4 is 10.9 Å². The van der Waals surface area contributed by atoms with Gasteiger partial charge in [0, 0.05) is 23.3 Å². The molecule has 0 aliphatic rings. The third kappa shape index (κ3) is 3.07. The molecule has 0 saturated carbocycles. The molecule has 88 valence electrons. The maximum Gasteiger partial charge on any atom is 0.252 e. The lowest BCUT2D eigenvalue weighted by Crippen LogP contribution is -2.12. The fraction of sp³-hybridized carbons (Fsp3) is 0.167. The molecule has 0 unspecified atom stereocenters. The normalized spacial score (nSPS) is 10.2. The number of aromatic nitrogens is 2. The smallest absolute Gasteiger partial charge is 0.252 e. The molecule has 2 rings (SSSR count). The van der Waals surface area contributed by atoms with Crippen LogP contribution in [0.3, 0.4) is 0 Å². The number of anilines is 1. The molecule has 0 spiro atoms. The van der Waals surface area contributed by atoms with E-state index in [1.54, 1.807) is 6.92 Å². The van der Waals surface area contributed by atoms with Gasteiger partial charge in [0.1, 0.15) is 0 Å². The summed E-state index contributed by atoms with van der Waals surface area (Å²) >= 11 is 6.02. The van der Waals surface area contributed by atoms with Crippen LogP contribution >= 0.6 is 11.6 Å². The standard InChI is InChI=1S/C12H12ClN3O/c1-8-6-11(17)16-12(15-8)14-7-9-4-2-3-5-10(9)13/h2-6H,7H2,1H3,(H2,14,15,16,17). The first kappa shape index (κ1) is 11.7. The largest absolute Gasteiger partial charge is 0.352 e. The summed E-state index contributed by atoms with van der Waals surface area (Å²) < 4.78 is 0. The molecule has 0 atom stereocenters. The lowest BCUT2D eigenvalue weighted by molar-refractivity contribution is 1.01. The highest BCUT2D eigenvalue weighted by Crippen LogP contribution is 2.15. The van der Waals surface area contributed by atoms with Gasteiger partial charge in [-0.05, 0) is 18.6 Å². The Bertz CT molecular complexity index is 580. The van der Waals surface area contributed by atoms with Gasteiger partial charge in [0.05, 0.1) is 0 Å². The van der Waals surface area contributed by atoms with E-state index in [9.17, 15) is 4.79 Å². The van der Waals surface area contributed by atoms with Gasteiger partial charge in [0.15, 0.2) is 0 Å². The van der Waals surface area contributed by atoms with Crippen molar-refractivity contribution in [3.8, 4) is 0 Å². The third-order valence-corrected chi connectivity index (χ3v) is 2.64. The van der Waals surface area contributed by atoms with E-state index >= 15 is 0 Å². The highest BCUT2D eigenvalue weighted by molar-refractivity contribution is 6.31. The lowest BCUT2D eigenvalue weighted by Gasteiger charge is -2.07. The fourth-order valence-electron chi connectivity index (χ4n) is 1.48. The minimum absolute atomic E-state index is 0.167. The van der Waals surface area contributed by atoms with Gasteiger partial charge in [0.2, 0.25) is 5.95 Å². The maximum atomic E-state index is 11.2. The number of H-pyrrole nitrogens is 1. The zero-order valence-corrected chi connectivity index (χ0v) is 10.1. The van der Waals surface area contributed by atoms with Crippen LogP contribution in [0.25, 0.3) is 0 Å². The molecule has 17 heavy (non-hydrogen) atoms. The van der Waals surface area contributed by atoms with Gasteiger partial charge in [-0.1, -0.05) is 29.8 Å². The van der Waals surface area contributed by atoms with Crippen LogP contribution in [0.2, 0.25) is 5.02 Å². The van der Waals surface area contributed by atoms with Gasteiger partial charge in [0.25, 0.3) is 5.56 Å². The second kappa shape index (κ2) is 5.01. The van der Waals surface area contributed by atoms with Crippen molar-refractivity contribution in [2.24, 2.45) is 0 Å². The van der Waals surface area contributed by atoms with Crippen LogP contribution in [0, 0.1) is 6.92 Å². The summed E-state index contributed by atoms with van der Waals surface area (Å²) in [5.41, 5.74) is 1.47. The Morgan fingerprint density at radius 1 is 1.41 bits per heavy atom. The molecule has 0 fully saturated rings. The molecule has 0 aliphatic carbocycles. The van der Waals surface area contributed by atoms with Crippen LogP contribution in [0.5, 0.6) is 0 Å². The van der Waals surface area contributed by atoms with Crippen molar-refractivity contribution in [2.75, 3.05) is 5.32 Å². The number of halogens is 1. The quantitative estimate of drug-likeness (QED) is 0.878. The van der Waals surface area contributed by atoms with E-state index in [1.807, 2.05) is 24.3 Å². The number of hydrogen-bond acceptors (Lipinski definition) is 3. The van der Waals surface area contributed by atoms with Gasteiger partial charge in [-0.3, -0.25) is 9.78 Å². The van der Waals surface area contributed by atoms with Crippen molar-refractivity contribution < 1.29 is 0 Å². The van der Waals surface area contributed by atoms with Gasteiger partial charge < -0.3 is 5.32 Å². The zero-order chi connectivity index (χ0) is 12.3. The van der Waals surface area contributed by atoms with Crippen molar-refractivity contribution in [3.63, 3.8) is 0 Å². The van der Waals surface area contributed by atoms with Crippen molar-refractivity contribution in [3.05, 3.63) is 57.0 Å². The molecule has 0 bridgehead atoms. The number of aryl methyl sites for hydroxylation is 1. The summed E-state index contributed by atoms with van der Waals surface area (Å²) in [6, 6.07) is 8.98. The molecule has 5 heteroatoms. The number of benzene rings is 1. The number of nitrogens with zero attached hydrogens (tertiary/aromatic N) is 1. The van der Waals surface area contributed by atoms with Crippen molar-refractivity contribution in [1.29, 1.82) is 0 Å². The molecule has 1 aromatic heterocycles. The number of rotatable bonds is 3. The van der Waals surface area contributed by atoms with Crippen LogP contribution in [0.15, 0.2) is 35.1 Å². The molecule has 0 amide bonds. The molecule has 0 radical (unpaired) electrons. The summed E-state index contributed by atoms with van der Waals surface area (Å²) in [5, 5.41) is 3.72. The first-order chi connectivity index (χ1) is 8.15. The molecular weight excluding hydrogens is 238 g/mol. The number of nitrogens with one attached hydrogen (secondary N) is 2. The van der Waals surface area contributed by atoms with Crippen LogP contribution in [0.1, 0.15) is 11.3 Å². The van der Waals surface area contributed by atoms with Crippen LogP contribution in [-0.4, -0.2) is 9.97 Å². The summed E-state index contributed by atoms with van der Waals surface area (Å²) in [7, 11) is 0. The van der Waals surface area contributed by atoms with Gasteiger partial charge >= 0.3 is 0 Å². The highest BCUT2D eigenvalue weighted by atomic mass is 35.5. The Kier molecular flexibility index (Phi) is 3.44. The van der Waals surface area contributed by atoms with Crippen LogP contribution in [-0.2, 0) is 6.54 Å². The second-order valence-corrected chi connectivity index (χ2v) is 4.09. The minimum Gasteiger partial charge on any atom is -0.352 e. The average Bonchev–Trinajstić information content (AvgIpc) is 2.27. The Labute approximate surface area is 104 Å². The molecule has 4 nitrogen and oxygen atoms in total. The Morgan fingerprint density at radius 3 is 2.88 bits per heavy atom. The van der Waals surface area contributed by atoms with Crippen molar-refractivity contribution in [2.45, 2.75) is 13.5 Å². The monoisotopic (exact) mass is 249 g/mol. The van der Waals surface area contributed by atoms with E-state index in [0.29, 0.717) is 23.2 Å². The van der Waals surface area contributed by atoms with E-state index in [-0.39, 0.29) is 5.56 Å². The van der Waals surface area contributed by atoms with Crippen molar-refractivity contribution in [1.82, 2.24) is 9.97 Å². The molecule has 2 N–H and O–H groups in total. The van der Waals surface area contributed by atoms with E-state index in [4.69, 9.17) is 11.6 Å². The molecule has 1 aromatic carbocycles. The first-order valence-corrected chi connectivity index (χ1v) is 5.58. The predicted octanol–water partition coefficient (Wildman–Crippen LogP) is 2.34. The maximum absolute atomic E-state index is 11.2. The third-order valence-electron chi connectivity index (χ3n) is 2.27. The summed E-state index contributed by atoms with van der Waals surface area (Å²) in [4.78, 5) is 18.0. The SMILES string of the molecule is Cc1cc(=O)[nH]c(NCc2ccccc2Cl)n1. The summed E-state index contributed by atoms with van der Waals surface area (Å²) in [6.45, 7) is 2.29. The first-order valence-electron chi connectivity index (χ1n) is 5.20. The number of aromatic amines is 1. The molecular formula is C12H12ClN3O. The predicted molar refractivity (Wildman–Crippen MR) is 68.4 cm³/mol. The second-order valence-electron chi connectivity index (χ2n) is 3.68.